The molecule has 3 rings (SSSR count). The number of hydrogen-bond acceptors (Lipinski definition) is 3. The lowest BCUT2D eigenvalue weighted by Crippen LogP contribution is -2.41. The van der Waals surface area contributed by atoms with Crippen LogP contribution in [0.5, 0.6) is 0 Å². The predicted molar refractivity (Wildman–Crippen MR) is 80.8 cm³/mol. The van der Waals surface area contributed by atoms with Crippen LogP contribution in [0.25, 0.3) is 6.08 Å². The zero-order chi connectivity index (χ0) is 13.9. The lowest BCUT2D eigenvalue weighted by Gasteiger charge is -2.28. The van der Waals surface area contributed by atoms with Gasteiger partial charge >= 0.3 is 0 Å². The Hall–Kier alpha value is -2.40. The van der Waals surface area contributed by atoms with Gasteiger partial charge in [-0.1, -0.05) is 18.2 Å². The molecule has 0 unspecified atom stereocenters. The van der Waals surface area contributed by atoms with E-state index >= 15 is 0 Å². The predicted octanol–water partition coefficient (Wildman–Crippen LogP) is 2.75. The third-order valence-electron chi connectivity index (χ3n) is 2.97. The normalized spacial score (nSPS) is 14.2. The van der Waals surface area contributed by atoms with Crippen molar-refractivity contribution in [1.29, 1.82) is 0 Å². The maximum atomic E-state index is 12.3. The highest BCUT2D eigenvalue weighted by Gasteiger charge is 2.24. The van der Waals surface area contributed by atoms with E-state index in [-0.39, 0.29) is 18.4 Å². The molecule has 0 aliphatic carbocycles. The van der Waals surface area contributed by atoms with E-state index in [0.29, 0.717) is 5.69 Å². The number of hydrogen-bond donors (Lipinski definition) is 1. The van der Waals surface area contributed by atoms with Crippen LogP contribution in [0, 0.1) is 0 Å². The van der Waals surface area contributed by atoms with Gasteiger partial charge in [-0.05, 0) is 29.7 Å². The van der Waals surface area contributed by atoms with Crippen LogP contribution in [0.2, 0.25) is 0 Å². The Morgan fingerprint density at radius 3 is 2.90 bits per heavy atom. The topological polar surface area (TPSA) is 49.4 Å². The van der Waals surface area contributed by atoms with Crippen molar-refractivity contribution in [2.45, 2.75) is 0 Å². The minimum atomic E-state index is -0.194. The molecule has 0 saturated carbocycles. The zero-order valence-electron chi connectivity index (χ0n) is 10.6. The lowest BCUT2D eigenvalue weighted by atomic mass is 10.2. The number of carbonyl (C=O) groups is 2. The van der Waals surface area contributed by atoms with Crippen molar-refractivity contribution in [3.05, 3.63) is 52.7 Å². The summed E-state index contributed by atoms with van der Waals surface area (Å²) in [5, 5.41) is 4.71. The van der Waals surface area contributed by atoms with Crippen LogP contribution in [0.4, 0.5) is 11.4 Å². The molecule has 1 aromatic heterocycles. The van der Waals surface area contributed by atoms with Crippen molar-refractivity contribution in [1.82, 2.24) is 0 Å². The minimum Gasteiger partial charge on any atom is -0.323 e. The fraction of sp³-hybridized carbons (Fsp3) is 0.0667. The Morgan fingerprint density at radius 1 is 1.25 bits per heavy atom. The van der Waals surface area contributed by atoms with E-state index < -0.39 is 0 Å². The van der Waals surface area contributed by atoms with Crippen molar-refractivity contribution >= 4 is 40.6 Å². The molecule has 100 valence electrons. The largest absolute Gasteiger partial charge is 0.323 e. The molecule has 2 aromatic rings. The van der Waals surface area contributed by atoms with Crippen LogP contribution in [0.1, 0.15) is 4.88 Å². The standard InChI is InChI=1S/C15H12N2O2S/c18-14-10-17(13-6-2-1-5-12(13)16-14)15(19)8-7-11-4-3-9-20-11/h1-9H,10H2,(H,16,18). The molecule has 0 bridgehead atoms. The second-order valence-corrected chi connectivity index (χ2v) is 5.32. The highest BCUT2D eigenvalue weighted by atomic mass is 32.1. The molecule has 20 heavy (non-hydrogen) atoms. The van der Waals surface area contributed by atoms with Crippen molar-refractivity contribution in [3.8, 4) is 0 Å². The summed E-state index contributed by atoms with van der Waals surface area (Å²) < 4.78 is 0. The van der Waals surface area contributed by atoms with Crippen molar-refractivity contribution in [3.63, 3.8) is 0 Å². The fourth-order valence-electron chi connectivity index (χ4n) is 2.06. The summed E-state index contributed by atoms with van der Waals surface area (Å²) in [6.45, 7) is 0.0463. The second-order valence-electron chi connectivity index (χ2n) is 4.34. The van der Waals surface area contributed by atoms with Crippen LogP contribution < -0.4 is 10.2 Å². The van der Waals surface area contributed by atoms with Crippen LogP contribution in [0.15, 0.2) is 47.9 Å². The Bertz CT molecular complexity index is 677. The summed E-state index contributed by atoms with van der Waals surface area (Å²) in [7, 11) is 0. The molecule has 1 aliphatic rings. The Labute approximate surface area is 120 Å². The number of para-hydroxylation sites is 2. The molecule has 0 atom stereocenters. The van der Waals surface area contributed by atoms with Gasteiger partial charge in [-0.25, -0.2) is 0 Å². The molecular formula is C15H12N2O2S. The molecule has 4 nitrogen and oxygen atoms in total. The number of fused-ring (bicyclic) bond motifs is 1. The molecule has 0 spiro atoms. The smallest absolute Gasteiger partial charge is 0.251 e. The van der Waals surface area contributed by atoms with E-state index in [9.17, 15) is 9.59 Å². The van der Waals surface area contributed by atoms with Gasteiger partial charge in [0.25, 0.3) is 5.91 Å². The van der Waals surface area contributed by atoms with Crippen molar-refractivity contribution in [2.24, 2.45) is 0 Å². The maximum absolute atomic E-state index is 12.3. The van der Waals surface area contributed by atoms with Gasteiger partial charge in [-0.15, -0.1) is 11.3 Å². The molecular weight excluding hydrogens is 272 g/mol. The van der Waals surface area contributed by atoms with Crippen LogP contribution in [-0.2, 0) is 9.59 Å². The van der Waals surface area contributed by atoms with Crippen LogP contribution >= 0.6 is 11.3 Å². The monoisotopic (exact) mass is 284 g/mol. The maximum Gasteiger partial charge on any atom is 0.251 e. The summed E-state index contributed by atoms with van der Waals surface area (Å²) in [5.74, 6) is -0.373. The van der Waals surface area contributed by atoms with E-state index in [4.69, 9.17) is 0 Å². The summed E-state index contributed by atoms with van der Waals surface area (Å²) >= 11 is 1.56. The molecule has 1 N–H and O–H groups in total. The number of carbonyl (C=O) groups excluding carboxylic acids is 2. The minimum absolute atomic E-state index is 0.0463. The Kier molecular flexibility index (Phi) is 3.35. The second kappa shape index (κ2) is 5.30. The molecule has 1 aliphatic heterocycles. The van der Waals surface area contributed by atoms with Crippen LogP contribution in [-0.4, -0.2) is 18.4 Å². The van der Waals surface area contributed by atoms with Gasteiger partial charge in [0.2, 0.25) is 5.91 Å². The van der Waals surface area contributed by atoms with Gasteiger partial charge in [0.05, 0.1) is 11.4 Å². The molecule has 2 heterocycles. The number of nitrogens with zero attached hydrogens (tertiary/aromatic N) is 1. The van der Waals surface area contributed by atoms with E-state index in [0.717, 1.165) is 10.6 Å². The third-order valence-corrected chi connectivity index (χ3v) is 3.81. The summed E-state index contributed by atoms with van der Waals surface area (Å²) in [5.41, 5.74) is 1.40. The van der Waals surface area contributed by atoms with Crippen molar-refractivity contribution in [2.75, 3.05) is 16.8 Å². The van der Waals surface area contributed by atoms with Gasteiger partial charge in [0.1, 0.15) is 6.54 Å². The fourth-order valence-corrected chi connectivity index (χ4v) is 2.68. The Balaban J connectivity index is 1.86. The summed E-state index contributed by atoms with van der Waals surface area (Å²) in [6, 6.07) is 11.2. The Morgan fingerprint density at radius 2 is 2.10 bits per heavy atom. The van der Waals surface area contributed by atoms with E-state index in [1.165, 1.54) is 11.0 Å². The first-order chi connectivity index (χ1) is 9.74. The SMILES string of the molecule is O=C1CN(C(=O)C=Cc2cccs2)c2ccccc2N1. The van der Waals surface area contributed by atoms with E-state index in [2.05, 4.69) is 5.32 Å². The number of thiophene rings is 1. The highest BCUT2D eigenvalue weighted by molar-refractivity contribution is 7.10. The zero-order valence-corrected chi connectivity index (χ0v) is 11.4. The molecule has 0 radical (unpaired) electrons. The number of nitrogens with one attached hydrogen (secondary N) is 1. The first kappa shape index (κ1) is 12.6. The van der Waals surface area contributed by atoms with Gasteiger partial charge in [-0.3, -0.25) is 14.5 Å². The van der Waals surface area contributed by atoms with Crippen molar-refractivity contribution < 1.29 is 9.59 Å². The third kappa shape index (κ3) is 2.48. The first-order valence-electron chi connectivity index (χ1n) is 6.16. The number of benzene rings is 1. The first-order valence-corrected chi connectivity index (χ1v) is 7.04. The molecule has 2 amide bonds. The molecule has 1 aromatic carbocycles. The van der Waals surface area contributed by atoms with Gasteiger partial charge < -0.3 is 5.32 Å². The van der Waals surface area contributed by atoms with Gasteiger partial charge in [0, 0.05) is 11.0 Å². The average Bonchev–Trinajstić information content (AvgIpc) is 2.97. The number of amides is 2. The van der Waals surface area contributed by atoms with Gasteiger partial charge in [0.15, 0.2) is 0 Å². The molecule has 0 fully saturated rings. The van der Waals surface area contributed by atoms with E-state index in [1.54, 1.807) is 23.5 Å². The summed E-state index contributed by atoms with van der Waals surface area (Å²) in [6.07, 6.45) is 3.27. The molecule has 0 saturated heterocycles. The van der Waals surface area contributed by atoms with Gasteiger partial charge in [-0.2, -0.15) is 0 Å². The number of anilines is 2. The quantitative estimate of drug-likeness (QED) is 0.862. The highest BCUT2D eigenvalue weighted by Crippen LogP contribution is 2.29. The van der Waals surface area contributed by atoms with E-state index in [1.807, 2.05) is 35.7 Å². The average molecular weight is 284 g/mol. The summed E-state index contributed by atoms with van der Waals surface area (Å²) in [4.78, 5) is 26.4. The van der Waals surface area contributed by atoms with Crippen LogP contribution in [0.3, 0.4) is 0 Å². The number of rotatable bonds is 2. The lowest BCUT2D eigenvalue weighted by molar-refractivity contribution is -0.119. The molecule has 5 heteroatoms.